The number of nitrogens with zero attached hydrogens (tertiary/aromatic N) is 3. The van der Waals surface area contributed by atoms with Gasteiger partial charge in [0, 0.05) is 16.2 Å². The van der Waals surface area contributed by atoms with E-state index >= 15 is 0 Å². The second-order valence-electron chi connectivity index (χ2n) is 6.46. The second kappa shape index (κ2) is 5.73. The van der Waals surface area contributed by atoms with Crippen molar-refractivity contribution in [3.05, 3.63) is 90.0 Å². The number of aromatic nitrogens is 1. The Kier molecular flexibility index (Phi) is 3.22. The summed E-state index contributed by atoms with van der Waals surface area (Å²) >= 11 is 0. The zero-order chi connectivity index (χ0) is 18.4. The first-order valence-electron chi connectivity index (χ1n) is 8.68. The van der Waals surface area contributed by atoms with Crippen LogP contribution in [0.1, 0.15) is 11.1 Å². The van der Waals surface area contributed by atoms with E-state index in [0.717, 1.165) is 38.3 Å². The number of benzene rings is 4. The summed E-state index contributed by atoms with van der Waals surface area (Å²) in [5.74, 6) is 0. The highest BCUT2D eigenvalue weighted by molar-refractivity contribution is 6.11. The first-order chi connectivity index (χ1) is 13.3. The predicted octanol–water partition coefficient (Wildman–Crippen LogP) is 5.68. The van der Waals surface area contributed by atoms with Gasteiger partial charge in [-0.2, -0.15) is 10.5 Å². The zero-order valence-corrected chi connectivity index (χ0v) is 14.3. The van der Waals surface area contributed by atoms with Crippen LogP contribution in [-0.2, 0) is 0 Å². The number of fused-ring (bicyclic) bond motifs is 4. The van der Waals surface area contributed by atoms with Gasteiger partial charge in [-0.1, -0.05) is 60.7 Å². The minimum atomic E-state index is 0.396. The molecule has 0 bridgehead atoms. The molecule has 0 fully saturated rings. The standard InChI is InChI=1S/C24H13N3/c25-14-17-13-16-7-1-2-8-18(16)24(21(17)15-26)27-22-11-5-3-9-19(22)20-10-4-6-12-23(20)27/h1-13H. The van der Waals surface area contributed by atoms with Gasteiger partial charge in [0.1, 0.15) is 12.1 Å². The van der Waals surface area contributed by atoms with Crippen LogP contribution in [0.2, 0.25) is 0 Å². The van der Waals surface area contributed by atoms with Crippen molar-refractivity contribution >= 4 is 32.6 Å². The van der Waals surface area contributed by atoms with Gasteiger partial charge in [-0.15, -0.1) is 0 Å². The van der Waals surface area contributed by atoms with E-state index in [0.29, 0.717) is 11.1 Å². The summed E-state index contributed by atoms with van der Waals surface area (Å²) in [4.78, 5) is 0. The SMILES string of the molecule is N#Cc1cc2ccccc2c(-n2c3ccccc3c3ccccc32)c1C#N. The molecule has 0 amide bonds. The highest BCUT2D eigenvalue weighted by Crippen LogP contribution is 2.37. The van der Waals surface area contributed by atoms with Crippen LogP contribution < -0.4 is 0 Å². The summed E-state index contributed by atoms with van der Waals surface area (Å²) < 4.78 is 2.12. The Morgan fingerprint density at radius 1 is 0.630 bits per heavy atom. The number of hydrogen-bond donors (Lipinski definition) is 0. The van der Waals surface area contributed by atoms with Crippen molar-refractivity contribution in [3.8, 4) is 17.8 Å². The summed E-state index contributed by atoms with van der Waals surface area (Å²) in [6, 6.07) is 30.5. The maximum absolute atomic E-state index is 9.92. The molecule has 0 radical (unpaired) electrons. The van der Waals surface area contributed by atoms with E-state index in [4.69, 9.17) is 0 Å². The summed E-state index contributed by atoms with van der Waals surface area (Å²) in [7, 11) is 0. The molecule has 1 heterocycles. The lowest BCUT2D eigenvalue weighted by Gasteiger charge is -2.14. The third kappa shape index (κ3) is 2.06. The lowest BCUT2D eigenvalue weighted by atomic mass is 9.99. The molecule has 0 aliphatic rings. The van der Waals surface area contributed by atoms with E-state index in [-0.39, 0.29) is 0 Å². The lowest BCUT2D eigenvalue weighted by Crippen LogP contribution is -2.01. The zero-order valence-electron chi connectivity index (χ0n) is 14.3. The molecular weight excluding hydrogens is 330 g/mol. The minimum Gasteiger partial charge on any atom is -0.307 e. The fourth-order valence-electron chi connectivity index (χ4n) is 3.93. The fraction of sp³-hybridized carbons (Fsp3) is 0. The molecule has 0 spiro atoms. The number of para-hydroxylation sites is 2. The maximum atomic E-state index is 9.92. The van der Waals surface area contributed by atoms with Gasteiger partial charge in [-0.25, -0.2) is 0 Å². The Labute approximate surface area is 155 Å². The average Bonchev–Trinajstić information content (AvgIpc) is 3.06. The second-order valence-corrected chi connectivity index (χ2v) is 6.46. The Morgan fingerprint density at radius 2 is 1.19 bits per heavy atom. The Morgan fingerprint density at radius 3 is 1.78 bits per heavy atom. The van der Waals surface area contributed by atoms with Gasteiger partial charge in [0.2, 0.25) is 0 Å². The van der Waals surface area contributed by atoms with Gasteiger partial charge in [0.25, 0.3) is 0 Å². The van der Waals surface area contributed by atoms with Crippen LogP contribution in [0.15, 0.2) is 78.9 Å². The van der Waals surface area contributed by atoms with Crippen molar-refractivity contribution in [2.75, 3.05) is 0 Å². The summed E-state index contributed by atoms with van der Waals surface area (Å²) in [6.45, 7) is 0. The van der Waals surface area contributed by atoms with E-state index in [1.165, 1.54) is 0 Å². The molecule has 5 rings (SSSR count). The predicted molar refractivity (Wildman–Crippen MR) is 108 cm³/mol. The van der Waals surface area contributed by atoms with E-state index in [1.807, 2.05) is 48.5 Å². The summed E-state index contributed by atoms with van der Waals surface area (Å²) in [6.07, 6.45) is 0. The van der Waals surface area contributed by atoms with E-state index in [9.17, 15) is 10.5 Å². The minimum absolute atomic E-state index is 0.396. The van der Waals surface area contributed by atoms with Gasteiger partial charge in [0.05, 0.1) is 27.8 Å². The molecule has 3 nitrogen and oxygen atoms in total. The van der Waals surface area contributed by atoms with Gasteiger partial charge in [-0.05, 0) is 23.6 Å². The van der Waals surface area contributed by atoms with Crippen LogP contribution >= 0.6 is 0 Å². The van der Waals surface area contributed by atoms with Crippen molar-refractivity contribution < 1.29 is 0 Å². The van der Waals surface area contributed by atoms with E-state index < -0.39 is 0 Å². The molecular formula is C24H13N3. The average molecular weight is 343 g/mol. The molecule has 5 aromatic rings. The Hall–Kier alpha value is -4.08. The topological polar surface area (TPSA) is 52.5 Å². The highest BCUT2D eigenvalue weighted by Gasteiger charge is 2.19. The van der Waals surface area contributed by atoms with Crippen molar-refractivity contribution in [3.63, 3.8) is 0 Å². The van der Waals surface area contributed by atoms with Crippen molar-refractivity contribution in [2.45, 2.75) is 0 Å². The molecule has 0 atom stereocenters. The van der Waals surface area contributed by atoms with Crippen molar-refractivity contribution in [2.24, 2.45) is 0 Å². The Balaban J connectivity index is 2.10. The van der Waals surface area contributed by atoms with E-state index in [2.05, 4.69) is 41.0 Å². The quantitative estimate of drug-likeness (QED) is 0.393. The fourth-order valence-corrected chi connectivity index (χ4v) is 3.93. The molecule has 0 unspecified atom stereocenters. The molecule has 4 aromatic carbocycles. The molecule has 1 aromatic heterocycles. The Bertz CT molecular complexity index is 1390. The lowest BCUT2D eigenvalue weighted by molar-refractivity contribution is 1.18. The number of hydrogen-bond acceptors (Lipinski definition) is 2. The van der Waals surface area contributed by atoms with Crippen LogP contribution in [-0.4, -0.2) is 4.57 Å². The van der Waals surface area contributed by atoms with Crippen LogP contribution in [0.5, 0.6) is 0 Å². The first-order valence-corrected chi connectivity index (χ1v) is 8.68. The van der Waals surface area contributed by atoms with Crippen molar-refractivity contribution in [1.82, 2.24) is 4.57 Å². The van der Waals surface area contributed by atoms with Crippen LogP contribution in [0.3, 0.4) is 0 Å². The van der Waals surface area contributed by atoms with E-state index in [1.54, 1.807) is 6.07 Å². The molecule has 0 N–H and O–H groups in total. The normalized spacial score (nSPS) is 10.9. The monoisotopic (exact) mass is 343 g/mol. The molecule has 0 saturated carbocycles. The van der Waals surface area contributed by atoms with Crippen LogP contribution in [0.4, 0.5) is 0 Å². The summed E-state index contributed by atoms with van der Waals surface area (Å²) in [5, 5.41) is 23.7. The molecule has 0 aliphatic carbocycles. The highest BCUT2D eigenvalue weighted by atomic mass is 15.0. The maximum Gasteiger partial charge on any atom is 0.103 e. The van der Waals surface area contributed by atoms with Crippen molar-refractivity contribution in [1.29, 1.82) is 10.5 Å². The smallest absolute Gasteiger partial charge is 0.103 e. The molecule has 27 heavy (non-hydrogen) atoms. The molecule has 124 valence electrons. The van der Waals surface area contributed by atoms with Crippen LogP contribution in [0, 0.1) is 22.7 Å². The van der Waals surface area contributed by atoms with Gasteiger partial charge in [0.15, 0.2) is 0 Å². The van der Waals surface area contributed by atoms with Gasteiger partial charge >= 0.3 is 0 Å². The first kappa shape index (κ1) is 15.2. The van der Waals surface area contributed by atoms with Crippen LogP contribution in [0.25, 0.3) is 38.3 Å². The number of rotatable bonds is 1. The van der Waals surface area contributed by atoms with Gasteiger partial charge < -0.3 is 4.57 Å². The third-order valence-electron chi connectivity index (χ3n) is 5.06. The molecule has 0 saturated heterocycles. The third-order valence-corrected chi connectivity index (χ3v) is 5.06. The number of nitriles is 2. The molecule has 3 heteroatoms. The largest absolute Gasteiger partial charge is 0.307 e. The molecule has 0 aliphatic heterocycles. The summed E-state index contributed by atoms with van der Waals surface area (Å²) in [5.41, 5.74) is 3.62. The van der Waals surface area contributed by atoms with Gasteiger partial charge in [-0.3, -0.25) is 0 Å².